The maximum Gasteiger partial charge on any atom is 0.0668 e. The predicted octanol–water partition coefficient (Wildman–Crippen LogP) is 1.51. The van der Waals surface area contributed by atoms with Gasteiger partial charge in [0, 0.05) is 0 Å². The average Bonchev–Trinajstić information content (AvgIpc) is 2.05. The first-order chi connectivity index (χ1) is 5.61. The highest BCUT2D eigenvalue weighted by atomic mass is 16.4. The van der Waals surface area contributed by atoms with Crippen molar-refractivity contribution >= 4 is 5.97 Å². The van der Waals surface area contributed by atoms with Gasteiger partial charge in [0.15, 0.2) is 0 Å². The van der Waals surface area contributed by atoms with E-state index in [4.69, 9.17) is 0 Å². The molecule has 0 unspecified atom stereocenters. The Morgan fingerprint density at radius 1 is 1.42 bits per heavy atom. The van der Waals surface area contributed by atoms with Crippen LogP contribution in [0.5, 0.6) is 0 Å². The molecule has 0 bridgehead atoms. The van der Waals surface area contributed by atoms with E-state index in [2.05, 4.69) is 20.4 Å². The Hall–Kier alpha value is -0.790. The fraction of sp³-hybridized carbons (Fsp3) is 0.700. The first kappa shape index (κ1) is 11.2. The lowest BCUT2D eigenvalue weighted by Crippen LogP contribution is -2.24. The number of carboxylic acids is 1. The zero-order valence-corrected chi connectivity index (χ0v) is 7.93. The van der Waals surface area contributed by atoms with Crippen LogP contribution >= 0.6 is 0 Å². The maximum atomic E-state index is 10.3. The van der Waals surface area contributed by atoms with E-state index in [1.165, 1.54) is 0 Å². The SMILES string of the molecule is C=C(CCC(CC)CC)C(=O)[O-]. The van der Waals surface area contributed by atoms with Gasteiger partial charge < -0.3 is 9.90 Å². The molecule has 0 aromatic rings. The summed E-state index contributed by atoms with van der Waals surface area (Å²) in [6.45, 7) is 7.67. The first-order valence-corrected chi connectivity index (χ1v) is 4.50. The molecule has 70 valence electrons. The summed E-state index contributed by atoms with van der Waals surface area (Å²) in [6.07, 6.45) is 3.70. The molecular formula is C10H17O2-. The minimum atomic E-state index is -1.11. The van der Waals surface area contributed by atoms with Crippen molar-refractivity contribution in [1.29, 1.82) is 0 Å². The smallest absolute Gasteiger partial charge is 0.0668 e. The van der Waals surface area contributed by atoms with Crippen molar-refractivity contribution in [3.8, 4) is 0 Å². The molecule has 0 amide bonds. The Balaban J connectivity index is 3.66. The normalized spacial score (nSPS) is 10.2. The Bertz CT molecular complexity index is 157. The number of carbonyl (C=O) groups is 1. The molecule has 0 atom stereocenters. The molecule has 2 nitrogen and oxygen atoms in total. The molecule has 0 saturated heterocycles. The molecule has 0 spiro atoms. The zero-order valence-electron chi connectivity index (χ0n) is 7.93. The third kappa shape index (κ3) is 4.16. The lowest BCUT2D eigenvalue weighted by molar-refractivity contribution is -0.299. The molecule has 0 rings (SSSR count). The molecule has 0 saturated carbocycles. The second kappa shape index (κ2) is 5.81. The van der Waals surface area contributed by atoms with E-state index in [1.807, 2.05) is 0 Å². The fourth-order valence-corrected chi connectivity index (χ4v) is 1.18. The van der Waals surface area contributed by atoms with E-state index >= 15 is 0 Å². The summed E-state index contributed by atoms with van der Waals surface area (Å²) in [5.41, 5.74) is 0.224. The number of carboxylic acid groups (broad SMARTS) is 1. The van der Waals surface area contributed by atoms with Crippen molar-refractivity contribution in [3.63, 3.8) is 0 Å². The van der Waals surface area contributed by atoms with Crippen molar-refractivity contribution in [1.82, 2.24) is 0 Å². The van der Waals surface area contributed by atoms with Crippen LogP contribution in [-0.2, 0) is 4.79 Å². The summed E-state index contributed by atoms with van der Waals surface area (Å²) in [4.78, 5) is 10.3. The Labute approximate surface area is 74.3 Å². The predicted molar refractivity (Wildman–Crippen MR) is 47.5 cm³/mol. The lowest BCUT2D eigenvalue weighted by Gasteiger charge is -2.13. The van der Waals surface area contributed by atoms with Crippen molar-refractivity contribution in [3.05, 3.63) is 12.2 Å². The van der Waals surface area contributed by atoms with E-state index in [0.717, 1.165) is 19.3 Å². The highest BCUT2D eigenvalue weighted by molar-refractivity contribution is 5.83. The van der Waals surface area contributed by atoms with Gasteiger partial charge in [-0.3, -0.25) is 0 Å². The van der Waals surface area contributed by atoms with E-state index in [9.17, 15) is 9.90 Å². The largest absolute Gasteiger partial charge is 0.545 e. The lowest BCUT2D eigenvalue weighted by atomic mass is 9.95. The first-order valence-electron chi connectivity index (χ1n) is 4.50. The van der Waals surface area contributed by atoms with Crippen LogP contribution < -0.4 is 5.11 Å². The van der Waals surface area contributed by atoms with Gasteiger partial charge >= 0.3 is 0 Å². The van der Waals surface area contributed by atoms with E-state index < -0.39 is 5.97 Å². The van der Waals surface area contributed by atoms with Crippen molar-refractivity contribution < 1.29 is 9.90 Å². The number of hydrogen-bond donors (Lipinski definition) is 0. The van der Waals surface area contributed by atoms with Gasteiger partial charge in [0.05, 0.1) is 5.97 Å². The van der Waals surface area contributed by atoms with Crippen LogP contribution in [0.1, 0.15) is 39.5 Å². The summed E-state index contributed by atoms with van der Waals surface area (Å²) in [6, 6.07) is 0. The molecule has 0 aromatic carbocycles. The van der Waals surface area contributed by atoms with Crippen LogP contribution in [0.3, 0.4) is 0 Å². The monoisotopic (exact) mass is 169 g/mol. The molecule has 0 radical (unpaired) electrons. The summed E-state index contributed by atoms with van der Waals surface area (Å²) < 4.78 is 0. The molecule has 0 heterocycles. The van der Waals surface area contributed by atoms with Gasteiger partial charge in [0.25, 0.3) is 0 Å². The maximum absolute atomic E-state index is 10.3. The molecule has 0 aliphatic heterocycles. The van der Waals surface area contributed by atoms with Crippen molar-refractivity contribution in [2.75, 3.05) is 0 Å². The van der Waals surface area contributed by atoms with E-state index in [0.29, 0.717) is 12.3 Å². The van der Waals surface area contributed by atoms with Gasteiger partial charge in [-0.25, -0.2) is 0 Å². The van der Waals surface area contributed by atoms with Gasteiger partial charge in [0.1, 0.15) is 0 Å². The number of carbonyl (C=O) groups excluding carboxylic acids is 1. The van der Waals surface area contributed by atoms with Crippen LogP contribution in [0.15, 0.2) is 12.2 Å². The van der Waals surface area contributed by atoms with Gasteiger partial charge in [0.2, 0.25) is 0 Å². The Morgan fingerprint density at radius 2 is 1.92 bits per heavy atom. The molecular weight excluding hydrogens is 152 g/mol. The second-order valence-electron chi connectivity index (χ2n) is 3.11. The molecule has 0 aliphatic rings. The third-order valence-corrected chi connectivity index (χ3v) is 2.30. The topological polar surface area (TPSA) is 40.1 Å². The van der Waals surface area contributed by atoms with Gasteiger partial charge in [-0.2, -0.15) is 0 Å². The second-order valence-corrected chi connectivity index (χ2v) is 3.11. The van der Waals surface area contributed by atoms with Crippen LogP contribution in [0.2, 0.25) is 0 Å². The molecule has 2 heteroatoms. The summed E-state index contributed by atoms with van der Waals surface area (Å²) in [7, 11) is 0. The fourth-order valence-electron chi connectivity index (χ4n) is 1.18. The van der Waals surface area contributed by atoms with Crippen molar-refractivity contribution in [2.24, 2.45) is 5.92 Å². The van der Waals surface area contributed by atoms with Crippen LogP contribution in [0.25, 0.3) is 0 Å². The number of aliphatic carboxylic acids is 1. The van der Waals surface area contributed by atoms with Crippen LogP contribution in [0, 0.1) is 5.92 Å². The van der Waals surface area contributed by atoms with Crippen LogP contribution in [0.4, 0.5) is 0 Å². The van der Waals surface area contributed by atoms with Crippen LogP contribution in [-0.4, -0.2) is 5.97 Å². The molecule has 0 aliphatic carbocycles. The minimum Gasteiger partial charge on any atom is -0.545 e. The average molecular weight is 169 g/mol. The zero-order chi connectivity index (χ0) is 9.56. The summed E-state index contributed by atoms with van der Waals surface area (Å²) in [5.74, 6) is -0.484. The quantitative estimate of drug-likeness (QED) is 0.565. The highest BCUT2D eigenvalue weighted by Crippen LogP contribution is 2.17. The standard InChI is InChI=1S/C10H18O2/c1-4-9(5-2)7-6-8(3)10(11)12/h9H,3-7H2,1-2H3,(H,11,12)/p-1. The summed E-state index contributed by atoms with van der Waals surface area (Å²) >= 11 is 0. The molecule has 0 aromatic heterocycles. The van der Waals surface area contributed by atoms with E-state index in [-0.39, 0.29) is 5.57 Å². The molecule has 0 N–H and O–H groups in total. The Kier molecular flexibility index (Phi) is 5.43. The third-order valence-electron chi connectivity index (χ3n) is 2.30. The summed E-state index contributed by atoms with van der Waals surface area (Å²) in [5, 5.41) is 10.3. The Morgan fingerprint density at radius 3 is 2.25 bits per heavy atom. The van der Waals surface area contributed by atoms with Crippen molar-refractivity contribution in [2.45, 2.75) is 39.5 Å². The van der Waals surface area contributed by atoms with Gasteiger partial charge in [-0.05, 0) is 24.3 Å². The van der Waals surface area contributed by atoms with E-state index in [1.54, 1.807) is 0 Å². The number of rotatable bonds is 6. The molecule has 12 heavy (non-hydrogen) atoms. The molecule has 0 fully saturated rings. The minimum absolute atomic E-state index is 0.224. The number of hydrogen-bond acceptors (Lipinski definition) is 2. The van der Waals surface area contributed by atoms with Gasteiger partial charge in [-0.15, -0.1) is 0 Å². The van der Waals surface area contributed by atoms with Gasteiger partial charge in [-0.1, -0.05) is 33.3 Å². The highest BCUT2D eigenvalue weighted by Gasteiger charge is 2.04.